The maximum Gasteiger partial charge on any atom is 0.136 e. The summed E-state index contributed by atoms with van der Waals surface area (Å²) in [6, 6.07) is 8.29. The molecule has 3 nitrogen and oxygen atoms in total. The second-order valence-corrected chi connectivity index (χ2v) is 4.46. The number of pyridine rings is 1. The Morgan fingerprint density at radius 2 is 2.00 bits per heavy atom. The summed E-state index contributed by atoms with van der Waals surface area (Å²) in [4.78, 5) is 6.41. The minimum Gasteiger partial charge on any atom is -0.378 e. The van der Waals surface area contributed by atoms with E-state index in [9.17, 15) is 0 Å². The second kappa shape index (κ2) is 4.51. The van der Waals surface area contributed by atoms with Crippen LogP contribution >= 0.6 is 11.6 Å². The molecule has 0 atom stereocenters. The molecule has 1 aliphatic rings. The number of halogens is 1. The Balaban J connectivity index is 2.01. The third-order valence-corrected chi connectivity index (χ3v) is 3.38. The van der Waals surface area contributed by atoms with E-state index in [0.29, 0.717) is 5.15 Å². The fourth-order valence-electron chi connectivity index (χ4n) is 2.15. The van der Waals surface area contributed by atoms with Gasteiger partial charge in [-0.3, -0.25) is 0 Å². The van der Waals surface area contributed by atoms with Crippen LogP contribution in [-0.2, 0) is 4.74 Å². The van der Waals surface area contributed by atoms with E-state index in [1.54, 1.807) is 6.20 Å². The van der Waals surface area contributed by atoms with Crippen molar-refractivity contribution < 1.29 is 4.74 Å². The molecule has 1 aromatic heterocycles. The SMILES string of the molecule is Clc1nccc2cc(N3CCOCC3)ccc12. The summed E-state index contributed by atoms with van der Waals surface area (Å²) in [6.07, 6.45) is 1.74. The minimum absolute atomic E-state index is 0.566. The van der Waals surface area contributed by atoms with Crippen molar-refractivity contribution in [3.05, 3.63) is 35.6 Å². The van der Waals surface area contributed by atoms with E-state index in [0.717, 1.165) is 37.1 Å². The minimum atomic E-state index is 0.566. The van der Waals surface area contributed by atoms with Gasteiger partial charge in [0.1, 0.15) is 5.15 Å². The van der Waals surface area contributed by atoms with Gasteiger partial charge in [-0.2, -0.15) is 0 Å². The molecular weight excluding hydrogens is 236 g/mol. The maximum absolute atomic E-state index is 6.05. The molecule has 2 aromatic rings. The van der Waals surface area contributed by atoms with Crippen LogP contribution in [0.25, 0.3) is 10.8 Å². The largest absolute Gasteiger partial charge is 0.378 e. The Bertz CT molecular complexity index is 538. The van der Waals surface area contributed by atoms with Gasteiger partial charge < -0.3 is 9.64 Å². The van der Waals surface area contributed by atoms with Crippen LogP contribution in [-0.4, -0.2) is 31.3 Å². The van der Waals surface area contributed by atoms with Crippen LogP contribution in [0.4, 0.5) is 5.69 Å². The molecule has 1 aliphatic heterocycles. The molecule has 88 valence electrons. The molecule has 0 unspecified atom stereocenters. The molecule has 0 radical (unpaired) electrons. The molecule has 3 rings (SSSR count). The van der Waals surface area contributed by atoms with Gasteiger partial charge in [-0.25, -0.2) is 4.98 Å². The van der Waals surface area contributed by atoms with Crippen molar-refractivity contribution in [2.24, 2.45) is 0 Å². The van der Waals surface area contributed by atoms with Crippen LogP contribution in [0.1, 0.15) is 0 Å². The van der Waals surface area contributed by atoms with Gasteiger partial charge in [-0.1, -0.05) is 11.6 Å². The first-order valence-electron chi connectivity index (χ1n) is 5.71. The van der Waals surface area contributed by atoms with Crippen LogP contribution < -0.4 is 4.90 Å². The number of fused-ring (bicyclic) bond motifs is 1. The van der Waals surface area contributed by atoms with Crippen LogP contribution in [0.3, 0.4) is 0 Å². The maximum atomic E-state index is 6.05. The third-order valence-electron chi connectivity index (χ3n) is 3.08. The Labute approximate surface area is 105 Å². The molecule has 4 heteroatoms. The first kappa shape index (κ1) is 10.8. The number of ether oxygens (including phenoxy) is 1. The summed E-state index contributed by atoms with van der Waals surface area (Å²) in [5, 5.41) is 2.70. The van der Waals surface area contributed by atoms with E-state index in [1.165, 1.54) is 5.69 Å². The Morgan fingerprint density at radius 1 is 1.18 bits per heavy atom. The van der Waals surface area contributed by atoms with Gasteiger partial charge in [0.2, 0.25) is 0 Å². The van der Waals surface area contributed by atoms with Gasteiger partial charge in [0.15, 0.2) is 0 Å². The van der Waals surface area contributed by atoms with Crippen molar-refractivity contribution >= 4 is 28.1 Å². The number of hydrogen-bond acceptors (Lipinski definition) is 3. The van der Waals surface area contributed by atoms with Crippen molar-refractivity contribution in [3.63, 3.8) is 0 Å². The highest BCUT2D eigenvalue weighted by Gasteiger charge is 2.11. The van der Waals surface area contributed by atoms with Gasteiger partial charge in [0, 0.05) is 30.4 Å². The second-order valence-electron chi connectivity index (χ2n) is 4.11. The zero-order valence-electron chi connectivity index (χ0n) is 9.40. The summed E-state index contributed by atoms with van der Waals surface area (Å²) in [6.45, 7) is 3.50. The van der Waals surface area contributed by atoms with Crippen LogP contribution in [0.5, 0.6) is 0 Å². The molecule has 2 heterocycles. The molecule has 0 amide bonds. The van der Waals surface area contributed by atoms with Gasteiger partial charge in [0.25, 0.3) is 0 Å². The Kier molecular flexibility index (Phi) is 2.87. The molecule has 1 aromatic carbocycles. The van der Waals surface area contributed by atoms with Crippen LogP contribution in [0.15, 0.2) is 30.5 Å². The monoisotopic (exact) mass is 248 g/mol. The lowest BCUT2D eigenvalue weighted by Gasteiger charge is -2.29. The van der Waals surface area contributed by atoms with E-state index in [4.69, 9.17) is 16.3 Å². The molecule has 17 heavy (non-hydrogen) atoms. The van der Waals surface area contributed by atoms with E-state index >= 15 is 0 Å². The fraction of sp³-hybridized carbons (Fsp3) is 0.308. The zero-order valence-corrected chi connectivity index (χ0v) is 10.2. The van der Waals surface area contributed by atoms with E-state index < -0.39 is 0 Å². The van der Waals surface area contributed by atoms with E-state index in [-0.39, 0.29) is 0 Å². The number of morpholine rings is 1. The summed E-state index contributed by atoms with van der Waals surface area (Å²) in [7, 11) is 0. The van der Waals surface area contributed by atoms with Crippen molar-refractivity contribution in [2.45, 2.75) is 0 Å². The first-order chi connectivity index (χ1) is 8.34. The quantitative estimate of drug-likeness (QED) is 0.726. The predicted molar refractivity (Wildman–Crippen MR) is 69.8 cm³/mol. The molecule has 1 saturated heterocycles. The lowest BCUT2D eigenvalue weighted by Crippen LogP contribution is -2.36. The summed E-state index contributed by atoms with van der Waals surface area (Å²) in [5.74, 6) is 0. The van der Waals surface area contributed by atoms with Crippen molar-refractivity contribution in [3.8, 4) is 0 Å². The highest BCUT2D eigenvalue weighted by Crippen LogP contribution is 2.26. The topological polar surface area (TPSA) is 25.4 Å². The molecule has 0 bridgehead atoms. The van der Waals surface area contributed by atoms with Crippen molar-refractivity contribution in [1.29, 1.82) is 0 Å². The molecule has 0 saturated carbocycles. The van der Waals surface area contributed by atoms with E-state index in [2.05, 4.69) is 22.0 Å². The normalized spacial score (nSPS) is 16.4. The lowest BCUT2D eigenvalue weighted by molar-refractivity contribution is 0.122. The van der Waals surface area contributed by atoms with Crippen molar-refractivity contribution in [2.75, 3.05) is 31.2 Å². The summed E-state index contributed by atoms with van der Waals surface area (Å²) in [5.41, 5.74) is 1.23. The number of nitrogens with zero attached hydrogens (tertiary/aromatic N) is 2. The molecule has 0 aliphatic carbocycles. The molecule has 1 fully saturated rings. The average molecular weight is 249 g/mol. The predicted octanol–water partition coefficient (Wildman–Crippen LogP) is 2.72. The fourth-order valence-corrected chi connectivity index (χ4v) is 2.38. The molecule has 0 N–H and O–H groups in total. The number of rotatable bonds is 1. The zero-order chi connectivity index (χ0) is 11.7. The highest BCUT2D eigenvalue weighted by atomic mass is 35.5. The van der Waals surface area contributed by atoms with Gasteiger partial charge in [0.05, 0.1) is 13.2 Å². The molecular formula is C13H13ClN2O. The first-order valence-corrected chi connectivity index (χ1v) is 6.09. The standard InChI is InChI=1S/C13H13ClN2O/c14-13-12-2-1-11(9-10(12)3-4-15-13)16-5-7-17-8-6-16/h1-4,9H,5-8H2. The lowest BCUT2D eigenvalue weighted by atomic mass is 10.1. The number of hydrogen-bond donors (Lipinski definition) is 0. The Morgan fingerprint density at radius 3 is 2.82 bits per heavy atom. The van der Waals surface area contributed by atoms with Crippen LogP contribution in [0, 0.1) is 0 Å². The molecule has 0 spiro atoms. The average Bonchev–Trinajstić information content (AvgIpc) is 2.40. The summed E-state index contributed by atoms with van der Waals surface area (Å²) < 4.78 is 5.36. The Hall–Kier alpha value is -1.32. The number of anilines is 1. The number of benzene rings is 1. The van der Waals surface area contributed by atoms with Gasteiger partial charge in [-0.15, -0.1) is 0 Å². The highest BCUT2D eigenvalue weighted by molar-refractivity contribution is 6.34. The number of aromatic nitrogens is 1. The van der Waals surface area contributed by atoms with Crippen molar-refractivity contribution in [1.82, 2.24) is 4.98 Å². The van der Waals surface area contributed by atoms with Crippen LogP contribution in [0.2, 0.25) is 5.15 Å². The van der Waals surface area contributed by atoms with Gasteiger partial charge >= 0.3 is 0 Å². The smallest absolute Gasteiger partial charge is 0.136 e. The summed E-state index contributed by atoms with van der Waals surface area (Å²) >= 11 is 6.05. The van der Waals surface area contributed by atoms with E-state index in [1.807, 2.05) is 12.1 Å². The van der Waals surface area contributed by atoms with Gasteiger partial charge in [-0.05, 0) is 29.7 Å². The third kappa shape index (κ3) is 2.08.